The van der Waals surface area contributed by atoms with Crippen LogP contribution in [0.2, 0.25) is 0 Å². The fraction of sp³-hybridized carbons (Fsp3) is 0.842. The van der Waals surface area contributed by atoms with Gasteiger partial charge in [0, 0.05) is 31.8 Å². The number of amides is 2. The molecule has 0 bridgehead atoms. The average Bonchev–Trinajstić information content (AvgIpc) is 2.56. The number of unbranched alkanes of at least 4 members (excludes halogenated alkanes) is 6. The normalized spacial score (nSPS) is 11.8. The van der Waals surface area contributed by atoms with Gasteiger partial charge in [-0.15, -0.1) is 0 Å². The third-order valence-electron chi connectivity index (χ3n) is 4.15. The molecule has 0 aliphatic rings. The van der Waals surface area contributed by atoms with E-state index in [2.05, 4.69) is 17.6 Å². The number of carboxylic acids is 1. The highest BCUT2D eigenvalue weighted by atomic mass is 16.4. The first kappa shape index (κ1) is 23.4. The second-order valence-electron chi connectivity index (χ2n) is 6.75. The Labute approximate surface area is 152 Å². The van der Waals surface area contributed by atoms with Gasteiger partial charge in [-0.05, 0) is 32.6 Å². The van der Waals surface area contributed by atoms with Crippen molar-refractivity contribution in [2.75, 3.05) is 6.54 Å². The van der Waals surface area contributed by atoms with Crippen molar-refractivity contribution in [3.05, 3.63) is 0 Å². The topological polar surface area (TPSA) is 95.5 Å². The molecule has 25 heavy (non-hydrogen) atoms. The van der Waals surface area contributed by atoms with E-state index >= 15 is 0 Å². The number of urea groups is 1. The Balaban J connectivity index is 3.43. The molecule has 0 aromatic rings. The van der Waals surface area contributed by atoms with Crippen LogP contribution in [0.15, 0.2) is 0 Å². The SMILES string of the molecule is CCCCCCC(=O)CCCCCCNC(=O)NC(C)CCC(=O)O. The summed E-state index contributed by atoms with van der Waals surface area (Å²) >= 11 is 0. The molecular weight excluding hydrogens is 320 g/mol. The second kappa shape index (κ2) is 15.9. The van der Waals surface area contributed by atoms with Gasteiger partial charge >= 0.3 is 12.0 Å². The van der Waals surface area contributed by atoms with Crippen LogP contribution in [0.25, 0.3) is 0 Å². The molecule has 6 nitrogen and oxygen atoms in total. The molecule has 1 atom stereocenters. The zero-order valence-corrected chi connectivity index (χ0v) is 15.9. The van der Waals surface area contributed by atoms with Gasteiger partial charge in [-0.3, -0.25) is 9.59 Å². The lowest BCUT2D eigenvalue weighted by atomic mass is 10.0. The summed E-state index contributed by atoms with van der Waals surface area (Å²) in [6, 6.07) is -0.403. The summed E-state index contributed by atoms with van der Waals surface area (Å²) in [5.41, 5.74) is 0. The van der Waals surface area contributed by atoms with Crippen LogP contribution in [0.5, 0.6) is 0 Å². The monoisotopic (exact) mass is 356 g/mol. The van der Waals surface area contributed by atoms with E-state index in [1.807, 2.05) is 0 Å². The molecular formula is C19H36N2O4. The fourth-order valence-electron chi connectivity index (χ4n) is 2.56. The van der Waals surface area contributed by atoms with Gasteiger partial charge in [-0.25, -0.2) is 4.79 Å². The maximum absolute atomic E-state index is 11.7. The first-order valence-corrected chi connectivity index (χ1v) is 9.73. The van der Waals surface area contributed by atoms with Crippen LogP contribution in [-0.2, 0) is 9.59 Å². The Kier molecular flexibility index (Phi) is 14.9. The van der Waals surface area contributed by atoms with E-state index in [0.717, 1.165) is 44.9 Å². The fourth-order valence-corrected chi connectivity index (χ4v) is 2.56. The number of nitrogens with one attached hydrogen (secondary N) is 2. The number of ketones is 1. The molecule has 0 rings (SSSR count). The van der Waals surface area contributed by atoms with Gasteiger partial charge in [0.2, 0.25) is 0 Å². The summed E-state index contributed by atoms with van der Waals surface area (Å²) in [5, 5.41) is 14.1. The summed E-state index contributed by atoms with van der Waals surface area (Å²) < 4.78 is 0. The van der Waals surface area contributed by atoms with E-state index in [4.69, 9.17) is 5.11 Å². The molecule has 0 saturated heterocycles. The van der Waals surface area contributed by atoms with Gasteiger partial charge < -0.3 is 15.7 Å². The third-order valence-corrected chi connectivity index (χ3v) is 4.15. The summed E-state index contributed by atoms with van der Waals surface area (Å²) in [6.45, 7) is 4.56. The predicted octanol–water partition coefficient (Wildman–Crippen LogP) is 4.03. The van der Waals surface area contributed by atoms with E-state index in [1.165, 1.54) is 12.8 Å². The Hall–Kier alpha value is -1.59. The number of aliphatic carboxylic acids is 1. The van der Waals surface area contributed by atoms with Crippen molar-refractivity contribution in [1.29, 1.82) is 0 Å². The number of hydrogen-bond donors (Lipinski definition) is 3. The quantitative estimate of drug-likeness (QED) is 0.364. The van der Waals surface area contributed by atoms with Crippen molar-refractivity contribution in [3.63, 3.8) is 0 Å². The van der Waals surface area contributed by atoms with Crippen LogP contribution >= 0.6 is 0 Å². The Morgan fingerprint density at radius 1 is 0.880 bits per heavy atom. The maximum Gasteiger partial charge on any atom is 0.314 e. The largest absolute Gasteiger partial charge is 0.481 e. The van der Waals surface area contributed by atoms with Crippen molar-refractivity contribution < 1.29 is 19.5 Å². The number of carbonyl (C=O) groups excluding carboxylic acids is 2. The molecule has 0 aromatic carbocycles. The lowest BCUT2D eigenvalue weighted by Crippen LogP contribution is -2.41. The lowest BCUT2D eigenvalue weighted by Gasteiger charge is -2.13. The Bertz CT molecular complexity index is 386. The molecule has 6 heteroatoms. The molecule has 0 spiro atoms. The predicted molar refractivity (Wildman–Crippen MR) is 99.7 cm³/mol. The van der Waals surface area contributed by atoms with Gasteiger partial charge in [0.25, 0.3) is 0 Å². The van der Waals surface area contributed by atoms with Crippen LogP contribution in [0.1, 0.15) is 90.9 Å². The van der Waals surface area contributed by atoms with Crippen molar-refractivity contribution in [2.24, 2.45) is 0 Å². The minimum atomic E-state index is -0.853. The van der Waals surface area contributed by atoms with E-state index in [9.17, 15) is 14.4 Å². The summed E-state index contributed by atoms with van der Waals surface area (Å²) in [4.78, 5) is 33.7. The van der Waals surface area contributed by atoms with Crippen LogP contribution in [-0.4, -0.2) is 35.5 Å². The molecule has 0 aliphatic carbocycles. The van der Waals surface area contributed by atoms with Gasteiger partial charge in [0.05, 0.1) is 0 Å². The van der Waals surface area contributed by atoms with Gasteiger partial charge in [-0.1, -0.05) is 39.0 Å². The molecule has 0 saturated carbocycles. The highest BCUT2D eigenvalue weighted by Crippen LogP contribution is 2.08. The molecule has 0 fully saturated rings. The van der Waals surface area contributed by atoms with Crippen molar-refractivity contribution in [2.45, 2.75) is 96.9 Å². The Morgan fingerprint density at radius 2 is 1.48 bits per heavy atom. The first-order valence-electron chi connectivity index (χ1n) is 9.73. The average molecular weight is 357 g/mol. The van der Waals surface area contributed by atoms with E-state index in [1.54, 1.807) is 6.92 Å². The second-order valence-corrected chi connectivity index (χ2v) is 6.75. The number of carbonyl (C=O) groups is 3. The van der Waals surface area contributed by atoms with Crippen molar-refractivity contribution >= 4 is 17.8 Å². The summed E-state index contributed by atoms with van der Waals surface area (Å²) in [7, 11) is 0. The van der Waals surface area contributed by atoms with Gasteiger partial charge in [0.1, 0.15) is 5.78 Å². The molecule has 3 N–H and O–H groups in total. The number of hydrogen-bond acceptors (Lipinski definition) is 3. The van der Waals surface area contributed by atoms with Crippen LogP contribution in [0.3, 0.4) is 0 Å². The highest BCUT2D eigenvalue weighted by molar-refractivity contribution is 5.78. The third kappa shape index (κ3) is 17.0. The molecule has 1 unspecified atom stereocenters. The van der Waals surface area contributed by atoms with Crippen LogP contribution < -0.4 is 10.6 Å². The molecule has 0 radical (unpaired) electrons. The molecule has 0 aliphatic heterocycles. The number of Topliss-reactive ketones (excluding diaryl/α,β-unsaturated/α-hetero) is 1. The van der Waals surface area contributed by atoms with E-state index in [-0.39, 0.29) is 18.5 Å². The first-order chi connectivity index (χ1) is 12.0. The number of rotatable bonds is 16. The van der Waals surface area contributed by atoms with E-state index < -0.39 is 5.97 Å². The minimum Gasteiger partial charge on any atom is -0.481 e. The molecule has 2 amide bonds. The van der Waals surface area contributed by atoms with Crippen LogP contribution in [0.4, 0.5) is 4.79 Å². The minimum absolute atomic E-state index is 0.0543. The number of carboxylic acid groups (broad SMARTS) is 1. The van der Waals surface area contributed by atoms with Gasteiger partial charge in [0.15, 0.2) is 0 Å². The maximum atomic E-state index is 11.7. The van der Waals surface area contributed by atoms with Crippen molar-refractivity contribution in [1.82, 2.24) is 10.6 Å². The highest BCUT2D eigenvalue weighted by Gasteiger charge is 2.08. The Morgan fingerprint density at radius 3 is 2.08 bits per heavy atom. The molecule has 0 aromatic heterocycles. The zero-order chi connectivity index (χ0) is 18.9. The van der Waals surface area contributed by atoms with Gasteiger partial charge in [-0.2, -0.15) is 0 Å². The molecule has 0 heterocycles. The van der Waals surface area contributed by atoms with Crippen molar-refractivity contribution in [3.8, 4) is 0 Å². The van der Waals surface area contributed by atoms with Crippen LogP contribution in [0, 0.1) is 0 Å². The zero-order valence-electron chi connectivity index (χ0n) is 15.9. The smallest absolute Gasteiger partial charge is 0.314 e. The summed E-state index contributed by atoms with van der Waals surface area (Å²) in [5.74, 6) is -0.475. The lowest BCUT2D eigenvalue weighted by molar-refractivity contribution is -0.137. The standard InChI is InChI=1S/C19H36N2O4/c1-3-4-5-8-11-17(22)12-9-6-7-10-15-20-19(25)21-16(2)13-14-18(23)24/h16H,3-15H2,1-2H3,(H,23,24)(H2,20,21,25). The molecule has 146 valence electrons. The van der Waals surface area contributed by atoms with E-state index in [0.29, 0.717) is 25.2 Å². The summed E-state index contributed by atoms with van der Waals surface area (Å²) in [6.07, 6.45) is 10.3.